The maximum Gasteiger partial charge on any atom is 3.00 e. The van der Waals surface area contributed by atoms with Gasteiger partial charge in [-0.15, -0.1) is 47.3 Å². The number of benzene rings is 5. The van der Waals surface area contributed by atoms with Crippen LogP contribution in [0.5, 0.6) is 11.5 Å². The van der Waals surface area contributed by atoms with Crippen LogP contribution in [0.25, 0.3) is 44.4 Å². The molecular weight excluding hydrogens is 731 g/mol. The van der Waals surface area contributed by atoms with Crippen LogP contribution in [0.4, 0.5) is 0 Å². The van der Waals surface area contributed by atoms with Crippen molar-refractivity contribution in [1.29, 1.82) is 0 Å². The fourth-order valence-electron chi connectivity index (χ4n) is 5.64. The first kappa shape index (κ1) is 30.5. The average Bonchev–Trinajstić information content (AvgIpc) is 3.47. The van der Waals surface area contributed by atoms with Crippen molar-refractivity contribution in [2.45, 2.75) is 39.5 Å². The summed E-state index contributed by atoms with van der Waals surface area (Å²) in [5.41, 5.74) is 8.82. The standard InChI is InChI=1S/C29H25N2O.C11H8N.Ir/c1-18(2)21-14-22(19(3)4)16-23(15-21)30-17-31-26-13-12-20-8-5-6-9-24(20)29(26)32-27-11-7-10-25(30)28(27)31;1-2-6-10(7-3-1)11-8-4-5-9-12-11;/h5-12,14-16,18-19H,1-4H3;1-6,8-9H;/q2*-1;+3. The molecule has 45 heavy (non-hydrogen) atoms. The number of pyridine rings is 1. The van der Waals surface area contributed by atoms with Crippen LogP contribution in [0.3, 0.4) is 0 Å². The summed E-state index contributed by atoms with van der Waals surface area (Å²) in [5.74, 6) is 2.59. The van der Waals surface area contributed by atoms with E-state index in [0.29, 0.717) is 11.8 Å². The first-order valence-electron chi connectivity index (χ1n) is 15.1. The predicted octanol–water partition coefficient (Wildman–Crippen LogP) is 9.56. The molecule has 1 aliphatic rings. The smallest absolute Gasteiger partial charge is 0.522 e. The van der Waals surface area contributed by atoms with Gasteiger partial charge in [0.25, 0.3) is 6.33 Å². The Morgan fingerprint density at radius 1 is 0.778 bits per heavy atom. The number of ether oxygens (including phenoxy) is 1. The third-order valence-corrected chi connectivity index (χ3v) is 8.07. The largest absolute Gasteiger partial charge is 3.00 e. The van der Waals surface area contributed by atoms with Gasteiger partial charge >= 0.3 is 20.1 Å². The topological polar surface area (TPSA) is 30.9 Å². The van der Waals surface area contributed by atoms with Gasteiger partial charge in [-0.2, -0.15) is 12.1 Å². The van der Waals surface area contributed by atoms with Crippen molar-refractivity contribution in [3.8, 4) is 34.1 Å². The number of aromatic nitrogens is 3. The van der Waals surface area contributed by atoms with E-state index in [-0.39, 0.29) is 20.1 Å². The van der Waals surface area contributed by atoms with Gasteiger partial charge in [0.15, 0.2) is 0 Å². The first-order chi connectivity index (χ1) is 21.5. The van der Waals surface area contributed by atoms with E-state index < -0.39 is 0 Å². The second-order valence-electron chi connectivity index (χ2n) is 11.7. The van der Waals surface area contributed by atoms with Crippen molar-refractivity contribution in [3.05, 3.63) is 145 Å². The summed E-state index contributed by atoms with van der Waals surface area (Å²) in [5, 5.41) is 2.20. The zero-order valence-electron chi connectivity index (χ0n) is 25.7. The minimum absolute atomic E-state index is 0. The molecule has 0 bridgehead atoms. The minimum Gasteiger partial charge on any atom is -0.522 e. The Hall–Kier alpha value is -4.57. The number of nitrogens with zero attached hydrogens (tertiary/aromatic N) is 3. The molecule has 0 radical (unpaired) electrons. The van der Waals surface area contributed by atoms with E-state index in [4.69, 9.17) is 4.74 Å². The van der Waals surface area contributed by atoms with E-state index in [2.05, 4.69) is 103 Å². The average molecular weight is 764 g/mol. The van der Waals surface area contributed by atoms with Crippen molar-refractivity contribution >= 4 is 21.8 Å². The van der Waals surface area contributed by atoms with Crippen molar-refractivity contribution in [2.24, 2.45) is 0 Å². The Balaban J connectivity index is 0.000000231. The molecule has 0 N–H and O–H groups in total. The Morgan fingerprint density at radius 3 is 2.24 bits per heavy atom. The Kier molecular flexibility index (Phi) is 8.67. The second kappa shape index (κ2) is 12.8. The Bertz CT molecular complexity index is 2040. The molecular formula is C40H33IrN3O+. The molecule has 222 valence electrons. The molecule has 0 amide bonds. The molecule has 8 rings (SSSR count). The van der Waals surface area contributed by atoms with Crippen LogP contribution < -0.4 is 9.30 Å². The van der Waals surface area contributed by atoms with Crippen LogP contribution in [0.15, 0.2) is 115 Å². The van der Waals surface area contributed by atoms with E-state index >= 15 is 0 Å². The monoisotopic (exact) mass is 764 g/mol. The molecule has 3 heterocycles. The number of fused-ring (bicyclic) bond motifs is 4. The van der Waals surface area contributed by atoms with Gasteiger partial charge in [-0.1, -0.05) is 81.6 Å². The van der Waals surface area contributed by atoms with Gasteiger partial charge in [-0.25, -0.2) is 0 Å². The predicted molar refractivity (Wildman–Crippen MR) is 177 cm³/mol. The molecule has 5 heteroatoms. The normalized spacial score (nSPS) is 11.5. The molecule has 0 fully saturated rings. The van der Waals surface area contributed by atoms with Gasteiger partial charge in [0.05, 0.1) is 11.2 Å². The zero-order valence-corrected chi connectivity index (χ0v) is 28.1. The van der Waals surface area contributed by atoms with Crippen LogP contribution in [0.2, 0.25) is 0 Å². The van der Waals surface area contributed by atoms with Crippen molar-refractivity contribution in [2.75, 3.05) is 0 Å². The molecule has 0 aliphatic carbocycles. The number of rotatable bonds is 4. The molecule has 0 saturated carbocycles. The summed E-state index contributed by atoms with van der Waals surface area (Å²) < 4.78 is 10.7. The van der Waals surface area contributed by atoms with Gasteiger partial charge in [-0.05, 0) is 58.6 Å². The van der Waals surface area contributed by atoms with Crippen LogP contribution in [0.1, 0.15) is 50.7 Å². The molecule has 5 aromatic carbocycles. The quantitative estimate of drug-likeness (QED) is 0.132. The first-order valence-corrected chi connectivity index (χ1v) is 15.1. The minimum atomic E-state index is 0. The number of para-hydroxylation sites is 1. The zero-order chi connectivity index (χ0) is 30.2. The van der Waals surface area contributed by atoms with E-state index in [1.165, 1.54) is 11.1 Å². The molecule has 0 unspecified atom stereocenters. The summed E-state index contributed by atoms with van der Waals surface area (Å²) in [6.07, 6.45) is 5.41. The van der Waals surface area contributed by atoms with Gasteiger partial charge in [0, 0.05) is 11.9 Å². The number of hydrogen-bond donors (Lipinski definition) is 0. The molecule has 0 atom stereocenters. The van der Waals surface area contributed by atoms with E-state index in [1.807, 2.05) is 66.7 Å². The van der Waals surface area contributed by atoms with Crippen LogP contribution >= 0.6 is 0 Å². The van der Waals surface area contributed by atoms with Crippen LogP contribution in [-0.4, -0.2) is 9.55 Å². The Labute approximate surface area is 278 Å². The van der Waals surface area contributed by atoms with Crippen LogP contribution in [0, 0.1) is 18.5 Å². The maximum absolute atomic E-state index is 6.45. The molecule has 2 aromatic heterocycles. The summed E-state index contributed by atoms with van der Waals surface area (Å²) >= 11 is 0. The maximum atomic E-state index is 6.45. The summed E-state index contributed by atoms with van der Waals surface area (Å²) in [7, 11) is 0. The molecule has 7 aromatic rings. The SMILES string of the molecule is CC(C)c1cc(C(C)C)cc(-n2[c-][n+]3c4c(cccc42)Oc2c-3[c-]cc3ccccc23)c1.[Ir+3].[c-]1ccccc1-c1ccccn1. The van der Waals surface area contributed by atoms with E-state index in [1.54, 1.807) is 6.20 Å². The van der Waals surface area contributed by atoms with Gasteiger partial charge in [0.1, 0.15) is 11.3 Å². The van der Waals surface area contributed by atoms with Crippen molar-refractivity contribution in [3.63, 3.8) is 0 Å². The third-order valence-electron chi connectivity index (χ3n) is 8.07. The molecule has 1 aliphatic heterocycles. The summed E-state index contributed by atoms with van der Waals surface area (Å²) in [6, 6.07) is 43.7. The van der Waals surface area contributed by atoms with E-state index in [0.717, 1.165) is 55.9 Å². The third kappa shape index (κ3) is 5.82. The Morgan fingerprint density at radius 2 is 1.53 bits per heavy atom. The van der Waals surface area contributed by atoms with Crippen LogP contribution in [-0.2, 0) is 20.1 Å². The molecule has 0 spiro atoms. The number of hydrogen-bond acceptors (Lipinski definition) is 2. The molecule has 4 nitrogen and oxygen atoms in total. The number of imidazole rings is 1. The van der Waals surface area contributed by atoms with Gasteiger partial charge < -0.3 is 14.3 Å². The molecule has 0 saturated heterocycles. The van der Waals surface area contributed by atoms with Gasteiger partial charge in [0.2, 0.25) is 0 Å². The summed E-state index contributed by atoms with van der Waals surface area (Å²) in [4.78, 5) is 4.22. The summed E-state index contributed by atoms with van der Waals surface area (Å²) in [6.45, 7) is 8.99. The fourth-order valence-corrected chi connectivity index (χ4v) is 5.64. The second-order valence-corrected chi connectivity index (χ2v) is 11.7. The fraction of sp³-hybridized carbons (Fsp3) is 0.150. The van der Waals surface area contributed by atoms with E-state index in [9.17, 15) is 0 Å². The van der Waals surface area contributed by atoms with Crippen molar-refractivity contribution < 1.29 is 29.4 Å². The van der Waals surface area contributed by atoms with Gasteiger partial charge in [-0.3, -0.25) is 4.57 Å². The van der Waals surface area contributed by atoms with Crippen molar-refractivity contribution in [1.82, 2.24) is 9.55 Å².